The normalized spacial score (nSPS) is 10.3. The van der Waals surface area contributed by atoms with Crippen LogP contribution in [0.2, 0.25) is 0 Å². The number of hydrogen-bond donors (Lipinski definition) is 2. The molecule has 1 aromatic carbocycles. The summed E-state index contributed by atoms with van der Waals surface area (Å²) in [6.07, 6.45) is 0.882. The lowest BCUT2D eigenvalue weighted by Gasteiger charge is -2.04. The Morgan fingerprint density at radius 2 is 1.83 bits per heavy atom. The Morgan fingerprint density at radius 3 is 2.39 bits per heavy atom. The Labute approximate surface area is 105 Å². The molecule has 0 bridgehead atoms. The van der Waals surface area contributed by atoms with Gasteiger partial charge in [0, 0.05) is 12.1 Å². The van der Waals surface area contributed by atoms with Gasteiger partial charge in [-0.3, -0.25) is 0 Å². The van der Waals surface area contributed by atoms with Gasteiger partial charge < -0.3 is 14.8 Å². The number of carbonyl (C=O) groups is 1. The molecule has 18 heavy (non-hydrogen) atoms. The number of hydrogen-bond acceptors (Lipinski definition) is 3. The molecule has 0 radical (unpaired) electrons. The van der Waals surface area contributed by atoms with Gasteiger partial charge in [-0.15, -0.1) is 0 Å². The predicted molar refractivity (Wildman–Crippen MR) is 68.8 cm³/mol. The largest absolute Gasteiger partial charge is 0.478 e. The second kappa shape index (κ2) is 5.40. The van der Waals surface area contributed by atoms with Crippen molar-refractivity contribution in [2.24, 2.45) is 0 Å². The Kier molecular flexibility index (Phi) is 3.67. The minimum atomic E-state index is -0.917. The van der Waals surface area contributed by atoms with E-state index in [2.05, 4.69) is 5.32 Å². The number of rotatable bonds is 5. The molecule has 0 amide bonds. The SMILES string of the molecule is CCc1ccc(CNc2ccc(C(=O)O)cc2)o1. The number of benzene rings is 1. The Hall–Kier alpha value is -2.23. The number of carboxylic acid groups (broad SMARTS) is 1. The van der Waals surface area contributed by atoms with Crippen molar-refractivity contribution in [3.63, 3.8) is 0 Å². The maximum absolute atomic E-state index is 10.7. The van der Waals surface area contributed by atoms with Crippen LogP contribution in [0.4, 0.5) is 5.69 Å². The van der Waals surface area contributed by atoms with Gasteiger partial charge in [0.15, 0.2) is 0 Å². The average molecular weight is 245 g/mol. The lowest BCUT2D eigenvalue weighted by Crippen LogP contribution is -2.00. The number of furan rings is 1. The second-order valence-corrected chi connectivity index (χ2v) is 3.96. The highest BCUT2D eigenvalue weighted by Gasteiger charge is 2.03. The first kappa shape index (κ1) is 12.2. The molecule has 2 rings (SSSR count). The van der Waals surface area contributed by atoms with E-state index in [0.29, 0.717) is 6.54 Å². The zero-order valence-corrected chi connectivity index (χ0v) is 10.1. The molecule has 0 aliphatic rings. The smallest absolute Gasteiger partial charge is 0.335 e. The first-order chi connectivity index (χ1) is 8.69. The summed E-state index contributed by atoms with van der Waals surface area (Å²) in [6.45, 7) is 2.63. The van der Waals surface area contributed by atoms with Crippen LogP contribution in [0, 0.1) is 0 Å². The molecule has 0 saturated heterocycles. The standard InChI is InChI=1S/C14H15NO3/c1-2-12-7-8-13(18-12)9-15-11-5-3-10(4-6-11)14(16)17/h3-8,15H,2,9H2,1H3,(H,16,17). The third-order valence-corrected chi connectivity index (χ3v) is 2.66. The van der Waals surface area contributed by atoms with Crippen LogP contribution in [-0.2, 0) is 13.0 Å². The summed E-state index contributed by atoms with van der Waals surface area (Å²) in [6, 6.07) is 10.5. The molecule has 0 spiro atoms. The molecule has 1 heterocycles. The van der Waals surface area contributed by atoms with Crippen molar-refractivity contribution in [2.75, 3.05) is 5.32 Å². The van der Waals surface area contributed by atoms with Gasteiger partial charge in [-0.25, -0.2) is 4.79 Å². The Bertz CT molecular complexity index is 528. The summed E-state index contributed by atoms with van der Waals surface area (Å²) in [7, 11) is 0. The summed E-state index contributed by atoms with van der Waals surface area (Å²) in [5, 5.41) is 12.0. The molecule has 0 atom stereocenters. The van der Waals surface area contributed by atoms with Gasteiger partial charge >= 0.3 is 5.97 Å². The molecule has 4 heteroatoms. The van der Waals surface area contributed by atoms with Crippen molar-refractivity contribution in [2.45, 2.75) is 19.9 Å². The Balaban J connectivity index is 1.95. The average Bonchev–Trinajstić information content (AvgIpc) is 2.85. The highest BCUT2D eigenvalue weighted by atomic mass is 16.4. The van der Waals surface area contributed by atoms with E-state index < -0.39 is 5.97 Å². The monoisotopic (exact) mass is 245 g/mol. The first-order valence-corrected chi connectivity index (χ1v) is 5.84. The molecule has 0 fully saturated rings. The summed E-state index contributed by atoms with van der Waals surface area (Å²) in [5.41, 5.74) is 1.15. The van der Waals surface area contributed by atoms with E-state index >= 15 is 0 Å². The summed E-state index contributed by atoms with van der Waals surface area (Å²) in [5.74, 6) is 0.919. The molecule has 0 unspecified atom stereocenters. The van der Waals surface area contributed by atoms with Crippen LogP contribution in [0.5, 0.6) is 0 Å². The number of aryl methyl sites for hydroxylation is 1. The van der Waals surface area contributed by atoms with E-state index in [9.17, 15) is 4.79 Å². The van der Waals surface area contributed by atoms with E-state index in [0.717, 1.165) is 23.6 Å². The fourth-order valence-corrected chi connectivity index (χ4v) is 1.63. The topological polar surface area (TPSA) is 62.5 Å². The zero-order valence-electron chi connectivity index (χ0n) is 10.1. The first-order valence-electron chi connectivity index (χ1n) is 5.84. The minimum absolute atomic E-state index is 0.284. The van der Waals surface area contributed by atoms with E-state index in [1.807, 2.05) is 19.1 Å². The molecule has 2 aromatic rings. The van der Waals surface area contributed by atoms with Crippen molar-refractivity contribution in [1.29, 1.82) is 0 Å². The van der Waals surface area contributed by atoms with Crippen LogP contribution < -0.4 is 5.32 Å². The van der Waals surface area contributed by atoms with E-state index in [-0.39, 0.29) is 5.56 Å². The van der Waals surface area contributed by atoms with Crippen molar-refractivity contribution < 1.29 is 14.3 Å². The number of aromatic carboxylic acids is 1. The lowest BCUT2D eigenvalue weighted by molar-refractivity contribution is 0.0697. The van der Waals surface area contributed by atoms with Gasteiger partial charge in [-0.1, -0.05) is 6.92 Å². The van der Waals surface area contributed by atoms with Gasteiger partial charge in [0.25, 0.3) is 0 Å². The van der Waals surface area contributed by atoms with E-state index in [1.165, 1.54) is 0 Å². The second-order valence-electron chi connectivity index (χ2n) is 3.96. The maximum atomic E-state index is 10.7. The van der Waals surface area contributed by atoms with Gasteiger partial charge in [0.1, 0.15) is 11.5 Å². The third-order valence-electron chi connectivity index (χ3n) is 2.66. The predicted octanol–water partition coefficient (Wildman–Crippen LogP) is 3.15. The van der Waals surface area contributed by atoms with Gasteiger partial charge in [0.05, 0.1) is 12.1 Å². The van der Waals surface area contributed by atoms with Gasteiger partial charge in [-0.2, -0.15) is 0 Å². The molecular weight excluding hydrogens is 230 g/mol. The van der Waals surface area contributed by atoms with Crippen molar-refractivity contribution in [3.05, 3.63) is 53.5 Å². The van der Waals surface area contributed by atoms with Gasteiger partial charge in [-0.05, 0) is 36.4 Å². The van der Waals surface area contributed by atoms with Crippen molar-refractivity contribution in [3.8, 4) is 0 Å². The molecule has 0 aliphatic carbocycles. The number of anilines is 1. The molecule has 4 nitrogen and oxygen atoms in total. The molecule has 94 valence electrons. The van der Waals surface area contributed by atoms with Crippen LogP contribution >= 0.6 is 0 Å². The highest BCUT2D eigenvalue weighted by Crippen LogP contribution is 2.13. The summed E-state index contributed by atoms with van der Waals surface area (Å²) >= 11 is 0. The summed E-state index contributed by atoms with van der Waals surface area (Å²) in [4.78, 5) is 10.7. The van der Waals surface area contributed by atoms with Crippen LogP contribution in [0.1, 0.15) is 28.8 Å². The minimum Gasteiger partial charge on any atom is -0.478 e. The van der Waals surface area contributed by atoms with Crippen LogP contribution in [0.3, 0.4) is 0 Å². The fraction of sp³-hybridized carbons (Fsp3) is 0.214. The molecule has 0 saturated carbocycles. The molecule has 2 N–H and O–H groups in total. The summed E-state index contributed by atoms with van der Waals surface area (Å²) < 4.78 is 5.56. The lowest BCUT2D eigenvalue weighted by atomic mass is 10.2. The third kappa shape index (κ3) is 2.91. The highest BCUT2D eigenvalue weighted by molar-refractivity contribution is 5.87. The Morgan fingerprint density at radius 1 is 1.17 bits per heavy atom. The fourth-order valence-electron chi connectivity index (χ4n) is 1.63. The zero-order chi connectivity index (χ0) is 13.0. The van der Waals surface area contributed by atoms with E-state index in [4.69, 9.17) is 9.52 Å². The maximum Gasteiger partial charge on any atom is 0.335 e. The molecular formula is C14H15NO3. The number of carboxylic acids is 1. The number of nitrogens with one attached hydrogen (secondary N) is 1. The molecule has 1 aromatic heterocycles. The van der Waals surface area contributed by atoms with Crippen molar-refractivity contribution >= 4 is 11.7 Å². The van der Waals surface area contributed by atoms with Gasteiger partial charge in [0.2, 0.25) is 0 Å². The van der Waals surface area contributed by atoms with E-state index in [1.54, 1.807) is 24.3 Å². The van der Waals surface area contributed by atoms with Crippen LogP contribution in [0.15, 0.2) is 40.8 Å². The van der Waals surface area contributed by atoms with Crippen molar-refractivity contribution in [1.82, 2.24) is 0 Å². The van der Waals surface area contributed by atoms with Crippen LogP contribution in [-0.4, -0.2) is 11.1 Å². The quantitative estimate of drug-likeness (QED) is 0.849. The van der Waals surface area contributed by atoms with Crippen LogP contribution in [0.25, 0.3) is 0 Å². The molecule has 0 aliphatic heterocycles.